The maximum absolute atomic E-state index is 11.8. The largest absolute Gasteiger partial charge is 0.494 e. The van der Waals surface area contributed by atoms with E-state index in [9.17, 15) is 18.0 Å². The van der Waals surface area contributed by atoms with Gasteiger partial charge in [-0.15, -0.1) is 0 Å². The highest BCUT2D eigenvalue weighted by atomic mass is 32.2. The summed E-state index contributed by atoms with van der Waals surface area (Å²) in [7, 11) is -3.37. The first kappa shape index (κ1) is 20.4. The lowest BCUT2D eigenvalue weighted by molar-refractivity contribution is -0.147. The molecular formula is C19H21NO6S. The summed E-state index contributed by atoms with van der Waals surface area (Å²) in [5.74, 6) is -0.331. The summed E-state index contributed by atoms with van der Waals surface area (Å²) in [6.45, 7) is -0.0783. The lowest BCUT2D eigenvalue weighted by atomic mass is 10.3. The molecule has 0 unspecified atom stereocenters. The number of sulfone groups is 1. The van der Waals surface area contributed by atoms with Gasteiger partial charge in [0.25, 0.3) is 5.91 Å². The van der Waals surface area contributed by atoms with Crippen molar-refractivity contribution in [2.75, 3.05) is 24.8 Å². The number of anilines is 1. The molecule has 0 saturated carbocycles. The Balaban J connectivity index is 1.68. The Hall–Kier alpha value is -2.87. The minimum Gasteiger partial charge on any atom is -0.494 e. The van der Waals surface area contributed by atoms with Crippen molar-refractivity contribution in [2.45, 2.75) is 17.7 Å². The molecule has 8 heteroatoms. The van der Waals surface area contributed by atoms with Gasteiger partial charge in [0.2, 0.25) is 0 Å². The summed E-state index contributed by atoms with van der Waals surface area (Å²) in [4.78, 5) is 23.6. The van der Waals surface area contributed by atoms with Gasteiger partial charge >= 0.3 is 5.97 Å². The zero-order valence-electron chi connectivity index (χ0n) is 14.9. The molecule has 2 aromatic rings. The summed E-state index contributed by atoms with van der Waals surface area (Å²) < 4.78 is 33.4. The summed E-state index contributed by atoms with van der Waals surface area (Å²) >= 11 is 0. The van der Waals surface area contributed by atoms with E-state index in [1.807, 2.05) is 30.3 Å². The van der Waals surface area contributed by atoms with Crippen LogP contribution in [-0.2, 0) is 24.2 Å². The molecule has 0 bridgehead atoms. The minimum absolute atomic E-state index is 0.0933. The Morgan fingerprint density at radius 3 is 2.48 bits per heavy atom. The molecule has 0 aromatic heterocycles. The molecule has 0 saturated heterocycles. The lowest BCUT2D eigenvalue weighted by Crippen LogP contribution is -2.21. The molecule has 27 heavy (non-hydrogen) atoms. The number of para-hydroxylation sites is 1. The Morgan fingerprint density at radius 2 is 1.78 bits per heavy atom. The number of nitrogens with one attached hydrogen (secondary N) is 1. The van der Waals surface area contributed by atoms with E-state index in [0.29, 0.717) is 18.7 Å². The highest BCUT2D eigenvalue weighted by molar-refractivity contribution is 7.90. The van der Waals surface area contributed by atoms with E-state index in [0.717, 1.165) is 12.0 Å². The molecule has 2 rings (SSSR count). The molecule has 0 atom stereocenters. The van der Waals surface area contributed by atoms with Gasteiger partial charge in [0.05, 0.1) is 11.5 Å². The van der Waals surface area contributed by atoms with Gasteiger partial charge in [0.1, 0.15) is 5.75 Å². The maximum atomic E-state index is 11.8. The van der Waals surface area contributed by atoms with Crippen LogP contribution >= 0.6 is 0 Å². The molecule has 7 nitrogen and oxygen atoms in total. The second-order valence-electron chi connectivity index (χ2n) is 5.77. The topological polar surface area (TPSA) is 98.8 Å². The highest BCUT2D eigenvalue weighted by Gasteiger charge is 2.11. The minimum atomic E-state index is -3.37. The number of amides is 1. The first-order valence-electron chi connectivity index (χ1n) is 8.28. The number of hydrogen-bond acceptors (Lipinski definition) is 6. The Kier molecular flexibility index (Phi) is 7.36. The lowest BCUT2D eigenvalue weighted by Gasteiger charge is -2.08. The monoisotopic (exact) mass is 391 g/mol. The first-order valence-corrected chi connectivity index (χ1v) is 10.2. The second-order valence-corrected chi connectivity index (χ2v) is 7.79. The second kappa shape index (κ2) is 9.72. The molecule has 0 aliphatic carbocycles. The third-order valence-corrected chi connectivity index (χ3v) is 4.56. The van der Waals surface area contributed by atoms with E-state index >= 15 is 0 Å². The first-order chi connectivity index (χ1) is 12.8. The van der Waals surface area contributed by atoms with Gasteiger partial charge in [-0.3, -0.25) is 9.59 Å². The van der Waals surface area contributed by atoms with Crippen molar-refractivity contribution < 1.29 is 27.5 Å². The summed E-state index contributed by atoms with van der Waals surface area (Å²) in [6.07, 6.45) is 1.67. The van der Waals surface area contributed by atoms with Gasteiger partial charge in [-0.05, 0) is 36.8 Å². The zero-order valence-corrected chi connectivity index (χ0v) is 15.7. The number of benzene rings is 2. The van der Waals surface area contributed by atoms with Crippen LogP contribution in [0.2, 0.25) is 0 Å². The summed E-state index contributed by atoms with van der Waals surface area (Å²) in [5.41, 5.74) is 0.315. The third kappa shape index (κ3) is 7.49. The number of carbonyl (C=O) groups is 2. The Bertz CT molecular complexity index is 880. The van der Waals surface area contributed by atoms with Crippen molar-refractivity contribution in [3.05, 3.63) is 54.6 Å². The smallest absolute Gasteiger partial charge is 0.306 e. The summed E-state index contributed by atoms with van der Waals surface area (Å²) in [6, 6.07) is 15.1. The predicted octanol–water partition coefficient (Wildman–Crippen LogP) is 2.43. The van der Waals surface area contributed by atoms with Crippen LogP contribution < -0.4 is 10.1 Å². The Morgan fingerprint density at radius 1 is 1.04 bits per heavy atom. The van der Waals surface area contributed by atoms with Crippen LogP contribution in [0.3, 0.4) is 0 Å². The van der Waals surface area contributed by atoms with E-state index in [-0.39, 0.29) is 11.3 Å². The van der Waals surface area contributed by atoms with Crippen molar-refractivity contribution in [1.29, 1.82) is 0 Å². The molecule has 0 aliphatic heterocycles. The molecule has 0 radical (unpaired) electrons. The van der Waals surface area contributed by atoms with Crippen LogP contribution in [0.5, 0.6) is 5.75 Å². The van der Waals surface area contributed by atoms with Crippen molar-refractivity contribution in [1.82, 2.24) is 0 Å². The molecule has 1 N–H and O–H groups in total. The number of hydrogen-bond donors (Lipinski definition) is 1. The fourth-order valence-corrected chi connectivity index (χ4v) is 2.81. The number of esters is 1. The average molecular weight is 391 g/mol. The molecule has 0 heterocycles. The van der Waals surface area contributed by atoms with Gasteiger partial charge in [0, 0.05) is 18.4 Å². The molecular weight excluding hydrogens is 370 g/mol. The average Bonchev–Trinajstić information content (AvgIpc) is 2.64. The maximum Gasteiger partial charge on any atom is 0.306 e. The van der Waals surface area contributed by atoms with E-state index < -0.39 is 28.3 Å². The highest BCUT2D eigenvalue weighted by Crippen LogP contribution is 2.15. The van der Waals surface area contributed by atoms with Gasteiger partial charge in [-0.2, -0.15) is 0 Å². The van der Waals surface area contributed by atoms with Crippen LogP contribution in [0, 0.1) is 0 Å². The standard InChI is InChI=1S/C19H21NO6S/c1-27(23,24)17-10-5-7-15(13-17)20-18(21)14-26-19(22)11-6-12-25-16-8-3-2-4-9-16/h2-5,7-10,13H,6,11-12,14H2,1H3,(H,20,21). The molecule has 0 spiro atoms. The van der Waals surface area contributed by atoms with E-state index in [2.05, 4.69) is 5.32 Å². The molecule has 1 amide bonds. The van der Waals surface area contributed by atoms with Crippen molar-refractivity contribution >= 4 is 27.4 Å². The molecule has 144 valence electrons. The SMILES string of the molecule is CS(=O)(=O)c1cccc(NC(=O)COC(=O)CCCOc2ccccc2)c1. The quantitative estimate of drug-likeness (QED) is 0.521. The molecule has 2 aromatic carbocycles. The third-order valence-electron chi connectivity index (χ3n) is 3.45. The number of ether oxygens (including phenoxy) is 2. The Labute approximate surface area is 158 Å². The van der Waals surface area contributed by atoms with Crippen molar-refractivity contribution in [3.63, 3.8) is 0 Å². The van der Waals surface area contributed by atoms with Gasteiger partial charge in [-0.1, -0.05) is 24.3 Å². The van der Waals surface area contributed by atoms with Crippen LogP contribution in [-0.4, -0.2) is 39.8 Å². The zero-order chi connectivity index (χ0) is 19.7. The van der Waals surface area contributed by atoms with Crippen LogP contribution in [0.4, 0.5) is 5.69 Å². The fraction of sp³-hybridized carbons (Fsp3) is 0.263. The molecule has 0 aliphatic rings. The van der Waals surface area contributed by atoms with Gasteiger partial charge in [-0.25, -0.2) is 8.42 Å². The van der Waals surface area contributed by atoms with Gasteiger partial charge < -0.3 is 14.8 Å². The number of rotatable bonds is 9. The van der Waals surface area contributed by atoms with Crippen LogP contribution in [0.25, 0.3) is 0 Å². The number of carbonyl (C=O) groups excluding carboxylic acids is 2. The predicted molar refractivity (Wildman–Crippen MR) is 100 cm³/mol. The van der Waals surface area contributed by atoms with Crippen LogP contribution in [0.15, 0.2) is 59.5 Å². The van der Waals surface area contributed by atoms with E-state index in [1.54, 1.807) is 6.07 Å². The van der Waals surface area contributed by atoms with Crippen molar-refractivity contribution in [3.8, 4) is 5.75 Å². The van der Waals surface area contributed by atoms with Crippen molar-refractivity contribution in [2.24, 2.45) is 0 Å². The normalized spacial score (nSPS) is 10.9. The molecule has 0 fully saturated rings. The summed E-state index contributed by atoms with van der Waals surface area (Å²) in [5, 5.41) is 2.49. The fourth-order valence-electron chi connectivity index (χ4n) is 2.14. The van der Waals surface area contributed by atoms with E-state index in [1.165, 1.54) is 18.2 Å². The van der Waals surface area contributed by atoms with E-state index in [4.69, 9.17) is 9.47 Å². The van der Waals surface area contributed by atoms with Crippen LogP contribution in [0.1, 0.15) is 12.8 Å². The van der Waals surface area contributed by atoms with Gasteiger partial charge in [0.15, 0.2) is 16.4 Å².